The van der Waals surface area contributed by atoms with Crippen molar-refractivity contribution < 1.29 is 4.39 Å². The summed E-state index contributed by atoms with van der Waals surface area (Å²) in [4.78, 5) is 3.84. The molecule has 0 radical (unpaired) electrons. The second-order valence-corrected chi connectivity index (χ2v) is 3.73. The predicted octanol–water partition coefficient (Wildman–Crippen LogP) is 1.24. The molecule has 20 heavy (non-hydrogen) atoms. The third kappa shape index (κ3) is 2.78. The fourth-order valence-electron chi connectivity index (χ4n) is 1.45. The molecule has 1 aromatic carbocycles. The van der Waals surface area contributed by atoms with E-state index in [1.807, 2.05) is 0 Å². The number of hydrogen-bond acceptors (Lipinski definition) is 5. The van der Waals surface area contributed by atoms with E-state index in [0.29, 0.717) is 11.4 Å². The van der Waals surface area contributed by atoms with Crippen LogP contribution in [-0.2, 0) is 0 Å². The van der Waals surface area contributed by atoms with Crippen LogP contribution in [0.2, 0.25) is 0 Å². The first-order valence-electron chi connectivity index (χ1n) is 5.48. The zero-order valence-corrected chi connectivity index (χ0v) is 10.2. The zero-order valence-electron chi connectivity index (χ0n) is 10.2. The Morgan fingerprint density at radius 3 is 2.90 bits per heavy atom. The van der Waals surface area contributed by atoms with Crippen molar-refractivity contribution in [1.82, 2.24) is 9.55 Å². The smallest absolute Gasteiger partial charge is 0.201 e. The van der Waals surface area contributed by atoms with Gasteiger partial charge in [0.25, 0.3) is 0 Å². The van der Waals surface area contributed by atoms with Gasteiger partial charge in [0.15, 0.2) is 5.84 Å². The molecule has 0 atom stereocenters. The molecule has 2 rings (SSSR count). The highest BCUT2D eigenvalue weighted by Gasteiger charge is 2.06. The second kappa shape index (κ2) is 5.62. The van der Waals surface area contributed by atoms with Gasteiger partial charge in [-0.3, -0.25) is 10.8 Å². The molecule has 0 aliphatic heterocycles. The van der Waals surface area contributed by atoms with Gasteiger partial charge in [0.05, 0.1) is 17.7 Å². The van der Waals surface area contributed by atoms with Crippen LogP contribution in [0.4, 0.5) is 10.1 Å². The summed E-state index contributed by atoms with van der Waals surface area (Å²) in [5, 5.41) is 19.4. The highest BCUT2D eigenvalue weighted by molar-refractivity contribution is 6.45. The first-order chi connectivity index (χ1) is 9.61. The molecule has 1 aromatic heterocycles. The third-order valence-electron chi connectivity index (χ3n) is 2.39. The van der Waals surface area contributed by atoms with Gasteiger partial charge < -0.3 is 10.3 Å². The van der Waals surface area contributed by atoms with Crippen molar-refractivity contribution in [2.45, 2.75) is 0 Å². The van der Waals surface area contributed by atoms with Crippen LogP contribution in [-0.4, -0.2) is 21.1 Å². The van der Waals surface area contributed by atoms with Crippen LogP contribution < -0.4 is 11.2 Å². The van der Waals surface area contributed by atoms with E-state index >= 15 is 0 Å². The Balaban J connectivity index is 2.23. The summed E-state index contributed by atoms with van der Waals surface area (Å²) < 4.78 is 15.4. The molecule has 1 heterocycles. The molecule has 0 bridgehead atoms. The van der Waals surface area contributed by atoms with E-state index < -0.39 is 11.7 Å². The fraction of sp³-hybridized carbons (Fsp3) is 0. The minimum absolute atomic E-state index is 0.274. The summed E-state index contributed by atoms with van der Waals surface area (Å²) in [6.07, 6.45) is 4.64. The zero-order chi connectivity index (χ0) is 14.5. The summed E-state index contributed by atoms with van der Waals surface area (Å²) >= 11 is 0. The summed E-state index contributed by atoms with van der Waals surface area (Å²) in [6.45, 7) is 0. The van der Waals surface area contributed by atoms with Gasteiger partial charge in [-0.25, -0.2) is 9.37 Å². The number of anilines is 1. The number of nitrogens with one attached hydrogen (secondary N) is 2. The Hall–Kier alpha value is -3.21. The van der Waals surface area contributed by atoms with Gasteiger partial charge in [0, 0.05) is 18.5 Å². The number of rotatable bonds is 4. The molecular weight excluding hydrogens is 261 g/mol. The normalized spacial score (nSPS) is 10.9. The maximum absolute atomic E-state index is 13.9. The number of benzene rings is 1. The maximum atomic E-state index is 13.9. The summed E-state index contributed by atoms with van der Waals surface area (Å²) in [6, 6.07) is 5.98. The number of hydrazone groups is 1. The third-order valence-corrected chi connectivity index (χ3v) is 2.39. The number of hydrogen-bond donors (Lipinski definition) is 3. The van der Waals surface area contributed by atoms with E-state index in [9.17, 15) is 4.39 Å². The number of aromatic nitrogens is 2. The van der Waals surface area contributed by atoms with E-state index in [1.165, 1.54) is 23.0 Å². The summed E-state index contributed by atoms with van der Waals surface area (Å²) in [5.41, 5.74) is 8.00. The summed E-state index contributed by atoms with van der Waals surface area (Å²) in [7, 11) is 0. The second-order valence-electron chi connectivity index (χ2n) is 3.73. The van der Waals surface area contributed by atoms with Crippen molar-refractivity contribution in [1.29, 1.82) is 10.7 Å². The number of halogens is 1. The van der Waals surface area contributed by atoms with E-state index in [2.05, 4.69) is 15.5 Å². The molecule has 100 valence electrons. The van der Waals surface area contributed by atoms with Gasteiger partial charge >= 0.3 is 0 Å². The van der Waals surface area contributed by atoms with Gasteiger partial charge in [-0.05, 0) is 12.1 Å². The molecule has 0 amide bonds. The van der Waals surface area contributed by atoms with Crippen LogP contribution in [0.3, 0.4) is 0 Å². The quantitative estimate of drug-likeness (QED) is 0.440. The van der Waals surface area contributed by atoms with Crippen molar-refractivity contribution in [3.63, 3.8) is 0 Å². The minimum atomic E-state index is -0.482. The molecule has 0 aliphatic carbocycles. The Kier molecular flexibility index (Phi) is 3.72. The van der Waals surface area contributed by atoms with Gasteiger partial charge in [-0.15, -0.1) is 0 Å². The first-order valence-corrected chi connectivity index (χ1v) is 5.48. The molecule has 0 fully saturated rings. The standard InChI is InChI=1S/C12H10FN7/c13-9-5-8(18-19-10(6-14)12(15)16)1-2-11(9)20-4-3-17-7-20/h1-5,7,18H,(H3,15,16)/b19-10+. The van der Waals surface area contributed by atoms with E-state index in [4.69, 9.17) is 16.4 Å². The van der Waals surface area contributed by atoms with Crippen molar-refractivity contribution in [3.05, 3.63) is 42.7 Å². The monoisotopic (exact) mass is 271 g/mol. The molecule has 7 nitrogen and oxygen atoms in total. The van der Waals surface area contributed by atoms with Gasteiger partial charge in [-0.2, -0.15) is 10.4 Å². The van der Waals surface area contributed by atoms with E-state index in [-0.39, 0.29) is 5.71 Å². The van der Waals surface area contributed by atoms with Gasteiger partial charge in [0.2, 0.25) is 5.71 Å². The molecule has 0 spiro atoms. The van der Waals surface area contributed by atoms with Crippen molar-refractivity contribution >= 4 is 17.2 Å². The fourth-order valence-corrected chi connectivity index (χ4v) is 1.45. The van der Waals surface area contributed by atoms with E-state index in [1.54, 1.807) is 24.5 Å². The van der Waals surface area contributed by atoms with Crippen LogP contribution in [0, 0.1) is 22.6 Å². The molecule has 0 saturated heterocycles. The van der Waals surface area contributed by atoms with Gasteiger partial charge in [0.1, 0.15) is 11.9 Å². The number of nitrogens with two attached hydrogens (primary N) is 1. The topological polar surface area (TPSA) is 116 Å². The Morgan fingerprint density at radius 2 is 2.35 bits per heavy atom. The van der Waals surface area contributed by atoms with Gasteiger partial charge in [-0.1, -0.05) is 0 Å². The highest BCUT2D eigenvalue weighted by atomic mass is 19.1. The molecule has 4 N–H and O–H groups in total. The SMILES string of the molecule is N#C/C(=N\Nc1ccc(-n2ccnc2)c(F)c1)C(=N)N. The molecule has 2 aromatic rings. The lowest BCUT2D eigenvalue weighted by Gasteiger charge is -2.06. The van der Waals surface area contributed by atoms with Crippen LogP contribution in [0.5, 0.6) is 0 Å². The van der Waals surface area contributed by atoms with Crippen LogP contribution in [0.25, 0.3) is 5.69 Å². The average molecular weight is 271 g/mol. The molecule has 0 aliphatic rings. The molecule has 8 heteroatoms. The maximum Gasteiger partial charge on any atom is 0.201 e. The van der Waals surface area contributed by atoms with Crippen molar-refractivity contribution in [2.24, 2.45) is 10.8 Å². The number of nitriles is 1. The number of imidazole rings is 1. The predicted molar refractivity (Wildman–Crippen MR) is 72.1 cm³/mol. The Bertz CT molecular complexity index is 697. The lowest BCUT2D eigenvalue weighted by Crippen LogP contribution is -2.21. The Morgan fingerprint density at radius 1 is 1.55 bits per heavy atom. The van der Waals surface area contributed by atoms with E-state index in [0.717, 1.165) is 0 Å². The number of amidine groups is 1. The van der Waals surface area contributed by atoms with Crippen molar-refractivity contribution in [3.8, 4) is 11.8 Å². The van der Waals surface area contributed by atoms with Crippen LogP contribution in [0.1, 0.15) is 0 Å². The molecule has 0 saturated carbocycles. The molecular formula is C12H10FN7. The highest BCUT2D eigenvalue weighted by Crippen LogP contribution is 2.18. The molecule has 0 unspecified atom stereocenters. The summed E-state index contributed by atoms with van der Waals surface area (Å²) in [5.74, 6) is -0.944. The lowest BCUT2D eigenvalue weighted by molar-refractivity contribution is 0.618. The minimum Gasteiger partial charge on any atom is -0.382 e. The van der Waals surface area contributed by atoms with Crippen molar-refractivity contribution in [2.75, 3.05) is 5.43 Å². The lowest BCUT2D eigenvalue weighted by atomic mass is 10.2. The van der Waals surface area contributed by atoms with Crippen LogP contribution >= 0.6 is 0 Å². The average Bonchev–Trinajstić information content (AvgIpc) is 2.93. The Labute approximate surface area is 113 Å². The first kappa shape index (κ1) is 13.2. The largest absolute Gasteiger partial charge is 0.382 e. The van der Waals surface area contributed by atoms with Crippen LogP contribution in [0.15, 0.2) is 42.0 Å². The number of nitrogens with zero attached hydrogens (tertiary/aromatic N) is 4.